The summed E-state index contributed by atoms with van der Waals surface area (Å²) in [6.07, 6.45) is 0.925. The van der Waals surface area contributed by atoms with Crippen molar-refractivity contribution in [1.82, 2.24) is 9.80 Å². The average Bonchev–Trinajstić information content (AvgIpc) is 2.78. The van der Waals surface area contributed by atoms with E-state index in [-0.39, 0.29) is 6.04 Å². The molecule has 0 aromatic carbocycles. The van der Waals surface area contributed by atoms with E-state index in [0.717, 1.165) is 39.1 Å². The van der Waals surface area contributed by atoms with Crippen molar-refractivity contribution in [2.24, 2.45) is 0 Å². The van der Waals surface area contributed by atoms with Gasteiger partial charge in [0.25, 0.3) is 0 Å². The Morgan fingerprint density at radius 2 is 2.17 bits per heavy atom. The van der Waals surface area contributed by atoms with Crippen LogP contribution in [0, 0.1) is 11.3 Å². The highest BCUT2D eigenvalue weighted by Gasteiger charge is 2.22. The van der Waals surface area contributed by atoms with E-state index >= 15 is 0 Å². The number of halogens is 1. The van der Waals surface area contributed by atoms with Crippen LogP contribution in [0.15, 0.2) is 15.9 Å². The molecule has 2 rings (SSSR count). The third-order valence-corrected chi connectivity index (χ3v) is 5.07. The van der Waals surface area contributed by atoms with Gasteiger partial charge in [-0.2, -0.15) is 5.26 Å². The highest BCUT2D eigenvalue weighted by atomic mass is 79.9. The molecule has 0 amide bonds. The molecule has 1 fully saturated rings. The number of nitriles is 1. The predicted octanol–water partition coefficient (Wildman–Crippen LogP) is 2.93. The maximum atomic E-state index is 9.07. The Morgan fingerprint density at radius 3 is 2.67 bits per heavy atom. The van der Waals surface area contributed by atoms with Gasteiger partial charge in [-0.05, 0) is 28.4 Å². The molecule has 1 aromatic rings. The molecule has 0 radical (unpaired) electrons. The Balaban J connectivity index is 1.82. The van der Waals surface area contributed by atoms with Crippen LogP contribution in [-0.4, -0.2) is 42.0 Å². The summed E-state index contributed by atoms with van der Waals surface area (Å²) in [4.78, 5) is 6.18. The van der Waals surface area contributed by atoms with Gasteiger partial charge in [0.1, 0.15) is 0 Å². The van der Waals surface area contributed by atoms with E-state index in [9.17, 15) is 0 Å². The zero-order valence-corrected chi connectivity index (χ0v) is 13.0. The van der Waals surface area contributed by atoms with Gasteiger partial charge < -0.3 is 0 Å². The standard InChI is InChI=1S/C13H18BrN3S/c1-2-12(8-15)17-5-3-16(4-6-17)9-13-7-11(14)10-18-13/h7,10,12H,2-6,9H2,1H3. The second kappa shape index (κ2) is 6.67. The smallest absolute Gasteiger partial charge is 0.0976 e. The van der Waals surface area contributed by atoms with Gasteiger partial charge >= 0.3 is 0 Å². The van der Waals surface area contributed by atoms with Crippen LogP contribution in [0.5, 0.6) is 0 Å². The zero-order chi connectivity index (χ0) is 13.0. The van der Waals surface area contributed by atoms with Gasteiger partial charge in [0.2, 0.25) is 0 Å². The van der Waals surface area contributed by atoms with Crippen LogP contribution in [0.3, 0.4) is 0 Å². The predicted molar refractivity (Wildman–Crippen MR) is 78.6 cm³/mol. The number of rotatable bonds is 4. The fourth-order valence-corrected chi connectivity index (χ4v) is 3.81. The summed E-state index contributed by atoms with van der Waals surface area (Å²) in [5.41, 5.74) is 0. The Hall–Kier alpha value is -0.410. The molecule has 0 aliphatic carbocycles. The summed E-state index contributed by atoms with van der Waals surface area (Å²) < 4.78 is 1.18. The Kier molecular flexibility index (Phi) is 5.19. The number of hydrogen-bond donors (Lipinski definition) is 0. The van der Waals surface area contributed by atoms with Crippen molar-refractivity contribution in [1.29, 1.82) is 5.26 Å². The molecular formula is C13H18BrN3S. The van der Waals surface area contributed by atoms with Crippen molar-refractivity contribution >= 4 is 27.3 Å². The summed E-state index contributed by atoms with van der Waals surface area (Å²) >= 11 is 5.30. The molecule has 3 nitrogen and oxygen atoms in total. The van der Waals surface area contributed by atoms with E-state index in [2.05, 4.69) is 50.2 Å². The van der Waals surface area contributed by atoms with E-state index in [1.165, 1.54) is 9.35 Å². The summed E-state index contributed by atoms with van der Waals surface area (Å²) in [6.45, 7) is 7.27. The summed E-state index contributed by atoms with van der Waals surface area (Å²) in [5, 5.41) is 11.2. The zero-order valence-electron chi connectivity index (χ0n) is 10.6. The van der Waals surface area contributed by atoms with Crippen LogP contribution in [0.25, 0.3) is 0 Å². The first kappa shape index (κ1) is 14.0. The van der Waals surface area contributed by atoms with Crippen LogP contribution < -0.4 is 0 Å². The van der Waals surface area contributed by atoms with Crippen LogP contribution in [0.4, 0.5) is 0 Å². The van der Waals surface area contributed by atoms with E-state index in [0.29, 0.717) is 0 Å². The number of thiophene rings is 1. The lowest BCUT2D eigenvalue weighted by Crippen LogP contribution is -2.49. The second-order valence-electron chi connectivity index (χ2n) is 4.60. The van der Waals surface area contributed by atoms with Crippen molar-refractivity contribution in [2.45, 2.75) is 25.9 Å². The van der Waals surface area contributed by atoms with Crippen LogP contribution in [0.2, 0.25) is 0 Å². The Morgan fingerprint density at radius 1 is 1.44 bits per heavy atom. The Bertz CT molecular complexity index is 418. The monoisotopic (exact) mass is 327 g/mol. The maximum absolute atomic E-state index is 9.07. The van der Waals surface area contributed by atoms with E-state index in [4.69, 9.17) is 5.26 Å². The molecule has 0 bridgehead atoms. The van der Waals surface area contributed by atoms with Crippen molar-refractivity contribution in [3.05, 3.63) is 20.8 Å². The van der Waals surface area contributed by atoms with Crippen molar-refractivity contribution in [3.8, 4) is 6.07 Å². The molecule has 98 valence electrons. The first-order chi connectivity index (χ1) is 8.72. The van der Waals surface area contributed by atoms with Crippen molar-refractivity contribution < 1.29 is 0 Å². The van der Waals surface area contributed by atoms with E-state index in [1.54, 1.807) is 11.3 Å². The molecule has 1 atom stereocenters. The minimum Gasteiger partial charge on any atom is -0.296 e. The molecular weight excluding hydrogens is 310 g/mol. The van der Waals surface area contributed by atoms with Crippen LogP contribution in [0.1, 0.15) is 18.2 Å². The number of hydrogen-bond acceptors (Lipinski definition) is 4. The average molecular weight is 328 g/mol. The normalized spacial score (nSPS) is 19.6. The van der Waals surface area contributed by atoms with Gasteiger partial charge in [-0.15, -0.1) is 11.3 Å². The highest BCUT2D eigenvalue weighted by Crippen LogP contribution is 2.21. The molecule has 1 aliphatic rings. The quantitative estimate of drug-likeness (QED) is 0.851. The minimum absolute atomic E-state index is 0.100. The summed E-state index contributed by atoms with van der Waals surface area (Å²) in [5.74, 6) is 0. The molecule has 1 saturated heterocycles. The van der Waals surface area contributed by atoms with E-state index < -0.39 is 0 Å². The molecule has 2 heterocycles. The lowest BCUT2D eigenvalue weighted by Gasteiger charge is -2.36. The SMILES string of the molecule is CCC(C#N)N1CCN(Cc2cc(Br)cs2)CC1. The Labute approximate surface area is 121 Å². The lowest BCUT2D eigenvalue weighted by atomic mass is 10.2. The maximum Gasteiger partial charge on any atom is 0.0976 e. The third kappa shape index (κ3) is 3.55. The van der Waals surface area contributed by atoms with Crippen molar-refractivity contribution in [2.75, 3.05) is 26.2 Å². The lowest BCUT2D eigenvalue weighted by molar-refractivity contribution is 0.109. The van der Waals surface area contributed by atoms with Gasteiger partial charge in [0, 0.05) is 47.5 Å². The molecule has 1 aliphatic heterocycles. The molecule has 0 spiro atoms. The molecule has 1 unspecified atom stereocenters. The van der Waals surface area contributed by atoms with Gasteiger partial charge in [-0.1, -0.05) is 6.92 Å². The number of piperazine rings is 1. The molecule has 0 N–H and O–H groups in total. The topological polar surface area (TPSA) is 30.3 Å². The fourth-order valence-electron chi connectivity index (χ4n) is 2.32. The van der Waals surface area contributed by atoms with Crippen molar-refractivity contribution in [3.63, 3.8) is 0 Å². The van der Waals surface area contributed by atoms with Gasteiger partial charge in [-0.3, -0.25) is 9.80 Å². The second-order valence-corrected chi connectivity index (χ2v) is 6.51. The van der Waals surface area contributed by atoms with Crippen LogP contribution in [-0.2, 0) is 6.54 Å². The van der Waals surface area contributed by atoms with Gasteiger partial charge in [-0.25, -0.2) is 0 Å². The van der Waals surface area contributed by atoms with Gasteiger partial charge in [0.15, 0.2) is 0 Å². The molecule has 18 heavy (non-hydrogen) atoms. The first-order valence-corrected chi connectivity index (χ1v) is 7.99. The molecule has 0 saturated carbocycles. The minimum atomic E-state index is 0.100. The first-order valence-electron chi connectivity index (χ1n) is 6.32. The highest BCUT2D eigenvalue weighted by molar-refractivity contribution is 9.10. The molecule has 5 heteroatoms. The van der Waals surface area contributed by atoms with E-state index in [1.807, 2.05) is 0 Å². The third-order valence-electron chi connectivity index (χ3n) is 3.38. The summed E-state index contributed by atoms with van der Waals surface area (Å²) in [6, 6.07) is 4.69. The summed E-state index contributed by atoms with van der Waals surface area (Å²) in [7, 11) is 0. The number of nitrogens with zero attached hydrogens (tertiary/aromatic N) is 3. The fraction of sp³-hybridized carbons (Fsp3) is 0.615. The molecule has 1 aromatic heterocycles. The van der Waals surface area contributed by atoms with Gasteiger partial charge in [0.05, 0.1) is 12.1 Å². The largest absolute Gasteiger partial charge is 0.296 e. The van der Waals surface area contributed by atoms with Crippen LogP contribution >= 0.6 is 27.3 Å².